The number of fused-ring (bicyclic) bond motifs is 1. The fourth-order valence-corrected chi connectivity index (χ4v) is 6.96. The van der Waals surface area contributed by atoms with Gasteiger partial charge in [-0.1, -0.05) is 64.4 Å². The van der Waals surface area contributed by atoms with Crippen molar-refractivity contribution in [2.24, 2.45) is 5.41 Å². The van der Waals surface area contributed by atoms with Crippen LogP contribution in [0, 0.1) is 26.2 Å². The monoisotopic (exact) mass is 569 g/mol. The van der Waals surface area contributed by atoms with Crippen LogP contribution in [0.1, 0.15) is 81.0 Å². The van der Waals surface area contributed by atoms with Crippen LogP contribution >= 0.6 is 0 Å². The van der Waals surface area contributed by atoms with Crippen LogP contribution in [0.5, 0.6) is 0 Å². The Kier molecular flexibility index (Phi) is 7.99. The first-order chi connectivity index (χ1) is 19.8. The van der Waals surface area contributed by atoms with Crippen LogP contribution in [-0.2, 0) is 13.0 Å². The van der Waals surface area contributed by atoms with Gasteiger partial charge in [0.25, 0.3) is 0 Å². The molecule has 5 rings (SSSR count). The van der Waals surface area contributed by atoms with Gasteiger partial charge in [0, 0.05) is 55.5 Å². The lowest BCUT2D eigenvalue weighted by Gasteiger charge is -2.51. The van der Waals surface area contributed by atoms with Crippen molar-refractivity contribution in [1.29, 1.82) is 0 Å². The summed E-state index contributed by atoms with van der Waals surface area (Å²) in [4.78, 5) is 29.3. The molecule has 2 aromatic carbocycles. The molecule has 3 heterocycles. The van der Waals surface area contributed by atoms with Gasteiger partial charge >= 0.3 is 6.09 Å². The summed E-state index contributed by atoms with van der Waals surface area (Å²) >= 11 is 0. The summed E-state index contributed by atoms with van der Waals surface area (Å²) in [7, 11) is 0. The standard InChI is InChI=1S/C35H47N5O2/c1-21(2)26-13-12-24(5)30(19-26)38-15-14-29-28(20-38)33(37-32(36-29)27-18-22(3)10-11-23(27)4)39-16-17-40(34(41)42)31(25(39)6)35(7,8)9/h10-13,18-19,21,25,31H,14-17,20H2,1-9H3,(H,41,42)/t25?,31-/m0/s1. The van der Waals surface area contributed by atoms with E-state index in [4.69, 9.17) is 9.97 Å². The molecule has 1 aromatic heterocycles. The van der Waals surface area contributed by atoms with Crippen molar-refractivity contribution < 1.29 is 9.90 Å². The second-order valence-electron chi connectivity index (χ2n) is 13.7. The number of hydrogen-bond acceptors (Lipinski definition) is 5. The highest BCUT2D eigenvalue weighted by molar-refractivity contribution is 5.69. The average Bonchev–Trinajstić information content (AvgIpc) is 2.92. The van der Waals surface area contributed by atoms with Crippen LogP contribution in [0.15, 0.2) is 36.4 Å². The number of carboxylic acid groups (broad SMARTS) is 1. The van der Waals surface area contributed by atoms with E-state index in [2.05, 4.69) is 109 Å². The summed E-state index contributed by atoms with van der Waals surface area (Å²) < 4.78 is 0. The van der Waals surface area contributed by atoms with Gasteiger partial charge in [0.1, 0.15) is 5.82 Å². The van der Waals surface area contributed by atoms with Gasteiger partial charge in [-0.3, -0.25) is 0 Å². The van der Waals surface area contributed by atoms with E-state index in [0.717, 1.165) is 53.5 Å². The Balaban J connectivity index is 1.65. The molecule has 1 unspecified atom stereocenters. The Morgan fingerprint density at radius 2 is 1.69 bits per heavy atom. The number of piperazine rings is 1. The molecule has 0 bridgehead atoms. The minimum atomic E-state index is -0.853. The van der Waals surface area contributed by atoms with Crippen LogP contribution in [0.25, 0.3) is 11.4 Å². The number of anilines is 2. The van der Waals surface area contributed by atoms with E-state index in [1.54, 1.807) is 4.90 Å². The van der Waals surface area contributed by atoms with Crippen molar-refractivity contribution in [3.8, 4) is 11.4 Å². The molecule has 2 aliphatic heterocycles. The third-order valence-corrected chi connectivity index (χ3v) is 9.18. The first-order valence-electron chi connectivity index (χ1n) is 15.4. The lowest BCUT2D eigenvalue weighted by molar-refractivity contribution is 0.0561. The fraction of sp³-hybridized carbons (Fsp3) is 0.514. The van der Waals surface area contributed by atoms with E-state index in [-0.39, 0.29) is 17.5 Å². The van der Waals surface area contributed by atoms with E-state index >= 15 is 0 Å². The van der Waals surface area contributed by atoms with Gasteiger partial charge in [0.15, 0.2) is 5.82 Å². The SMILES string of the molecule is Cc1ccc(C)c(-c2nc3c(c(N4CCN(C(=O)O)[C@H](C(C)(C)C)C4C)n2)CN(c2cc(C(C)C)ccc2C)CC3)c1. The molecule has 0 saturated carbocycles. The normalized spacial score (nSPS) is 19.3. The molecule has 0 radical (unpaired) electrons. The van der Waals surface area contributed by atoms with E-state index in [9.17, 15) is 9.90 Å². The summed E-state index contributed by atoms with van der Waals surface area (Å²) in [6.07, 6.45) is -0.0193. The number of aromatic nitrogens is 2. The van der Waals surface area contributed by atoms with Gasteiger partial charge in [0.05, 0.1) is 11.7 Å². The van der Waals surface area contributed by atoms with E-state index in [1.807, 2.05) is 0 Å². The van der Waals surface area contributed by atoms with Crippen molar-refractivity contribution in [1.82, 2.24) is 14.9 Å². The molecule has 1 saturated heterocycles. The van der Waals surface area contributed by atoms with Crippen LogP contribution in [0.4, 0.5) is 16.3 Å². The predicted molar refractivity (Wildman–Crippen MR) is 172 cm³/mol. The topological polar surface area (TPSA) is 72.8 Å². The second kappa shape index (κ2) is 11.2. The number of hydrogen-bond donors (Lipinski definition) is 1. The largest absolute Gasteiger partial charge is 0.465 e. The molecule has 1 fully saturated rings. The molecule has 0 spiro atoms. The van der Waals surface area contributed by atoms with Crippen molar-refractivity contribution in [2.75, 3.05) is 29.4 Å². The highest BCUT2D eigenvalue weighted by Gasteiger charge is 2.44. The Morgan fingerprint density at radius 3 is 2.36 bits per heavy atom. The fourth-order valence-electron chi connectivity index (χ4n) is 6.96. The molecule has 7 heteroatoms. The lowest BCUT2D eigenvalue weighted by Crippen LogP contribution is -2.64. The van der Waals surface area contributed by atoms with Gasteiger partial charge in [-0.05, 0) is 67.9 Å². The summed E-state index contributed by atoms with van der Waals surface area (Å²) in [5, 5.41) is 10.1. The van der Waals surface area contributed by atoms with Gasteiger partial charge in [-0.15, -0.1) is 0 Å². The number of carbonyl (C=O) groups is 1. The first kappa shape index (κ1) is 29.9. The summed E-state index contributed by atoms with van der Waals surface area (Å²) in [6, 6.07) is 13.0. The first-order valence-corrected chi connectivity index (χ1v) is 15.4. The summed E-state index contributed by atoms with van der Waals surface area (Å²) in [5.41, 5.74) is 9.31. The maximum atomic E-state index is 12.3. The van der Waals surface area contributed by atoms with E-state index in [1.165, 1.54) is 22.4 Å². The van der Waals surface area contributed by atoms with E-state index < -0.39 is 6.09 Å². The molecule has 224 valence electrons. The van der Waals surface area contributed by atoms with Gasteiger partial charge in [-0.25, -0.2) is 14.8 Å². The molecule has 2 aliphatic rings. The van der Waals surface area contributed by atoms with Crippen molar-refractivity contribution in [3.63, 3.8) is 0 Å². The molecular weight excluding hydrogens is 522 g/mol. The average molecular weight is 570 g/mol. The minimum absolute atomic E-state index is 0.0540. The third-order valence-electron chi connectivity index (χ3n) is 9.18. The number of amides is 1. The van der Waals surface area contributed by atoms with Crippen LogP contribution in [0.3, 0.4) is 0 Å². The molecule has 7 nitrogen and oxygen atoms in total. The van der Waals surface area contributed by atoms with Crippen molar-refractivity contribution >= 4 is 17.6 Å². The maximum Gasteiger partial charge on any atom is 0.407 e. The van der Waals surface area contributed by atoms with Crippen LogP contribution in [0.2, 0.25) is 0 Å². The smallest absolute Gasteiger partial charge is 0.407 e. The molecular formula is C35H47N5O2. The van der Waals surface area contributed by atoms with Crippen molar-refractivity contribution in [3.05, 3.63) is 69.9 Å². The molecule has 0 aliphatic carbocycles. The zero-order valence-electron chi connectivity index (χ0n) is 26.8. The summed E-state index contributed by atoms with van der Waals surface area (Å²) in [6.45, 7) is 22.1. The number of aryl methyl sites for hydroxylation is 3. The van der Waals surface area contributed by atoms with Gasteiger partial charge in [-0.2, -0.15) is 0 Å². The highest BCUT2D eigenvalue weighted by atomic mass is 16.4. The predicted octanol–water partition coefficient (Wildman–Crippen LogP) is 7.36. The number of rotatable bonds is 4. The Morgan fingerprint density at radius 1 is 0.976 bits per heavy atom. The Hall–Kier alpha value is -3.61. The quantitative estimate of drug-likeness (QED) is 0.354. The van der Waals surface area contributed by atoms with Gasteiger partial charge in [0.2, 0.25) is 0 Å². The molecule has 2 atom stereocenters. The number of benzene rings is 2. The van der Waals surface area contributed by atoms with Crippen LogP contribution in [-0.4, -0.2) is 57.8 Å². The van der Waals surface area contributed by atoms with E-state index in [0.29, 0.717) is 19.0 Å². The molecule has 3 aromatic rings. The minimum Gasteiger partial charge on any atom is -0.465 e. The zero-order chi connectivity index (χ0) is 30.5. The summed E-state index contributed by atoms with van der Waals surface area (Å²) in [5.74, 6) is 2.17. The van der Waals surface area contributed by atoms with Crippen LogP contribution < -0.4 is 9.80 Å². The Bertz CT molecular complexity index is 1490. The van der Waals surface area contributed by atoms with Crippen molar-refractivity contribution in [2.45, 2.75) is 93.3 Å². The van der Waals surface area contributed by atoms with Gasteiger partial charge < -0.3 is 19.8 Å². The second-order valence-corrected chi connectivity index (χ2v) is 13.7. The molecule has 42 heavy (non-hydrogen) atoms. The molecule has 1 amide bonds. The highest BCUT2D eigenvalue weighted by Crippen LogP contribution is 2.39. The maximum absolute atomic E-state index is 12.3. The zero-order valence-corrected chi connectivity index (χ0v) is 26.8. The third kappa shape index (κ3) is 5.58. The number of nitrogens with zero attached hydrogens (tertiary/aromatic N) is 5. The Labute approximate surface area is 251 Å². The lowest BCUT2D eigenvalue weighted by atomic mass is 9.79. The molecule has 1 N–H and O–H groups in total.